The van der Waals surface area contributed by atoms with Crippen LogP contribution in [0, 0.1) is 5.92 Å². The first-order chi connectivity index (χ1) is 9.47. The maximum absolute atomic E-state index is 12.1. The molecular formula is C14H18N2O4. The van der Waals surface area contributed by atoms with Gasteiger partial charge in [0.05, 0.1) is 5.92 Å². The Labute approximate surface area is 117 Å². The van der Waals surface area contributed by atoms with Crippen LogP contribution >= 0.6 is 0 Å². The van der Waals surface area contributed by atoms with Crippen molar-refractivity contribution in [2.45, 2.75) is 19.9 Å². The number of hydrogen-bond acceptors (Lipinski definition) is 4. The van der Waals surface area contributed by atoms with Crippen molar-refractivity contribution in [2.24, 2.45) is 5.92 Å². The van der Waals surface area contributed by atoms with Crippen LogP contribution in [0.2, 0.25) is 0 Å². The second-order valence-electron chi connectivity index (χ2n) is 4.34. The van der Waals surface area contributed by atoms with E-state index >= 15 is 0 Å². The van der Waals surface area contributed by atoms with Gasteiger partial charge in [-0.3, -0.25) is 9.59 Å². The molecule has 6 nitrogen and oxygen atoms in total. The lowest BCUT2D eigenvalue weighted by Gasteiger charge is -2.18. The third kappa shape index (κ3) is 4.08. The highest BCUT2D eigenvalue weighted by atomic mass is 16.5. The van der Waals surface area contributed by atoms with E-state index in [1.165, 1.54) is 13.1 Å². The molecule has 6 heteroatoms. The second kappa shape index (κ2) is 7.28. The molecule has 2 N–H and O–H groups in total. The van der Waals surface area contributed by atoms with Crippen molar-refractivity contribution in [1.29, 1.82) is 0 Å². The largest absolute Gasteiger partial charge is 0.487 e. The van der Waals surface area contributed by atoms with Crippen LogP contribution < -0.4 is 10.1 Å². The Hall–Kier alpha value is -2.37. The number of carbonyl (C=O) groups is 2. The van der Waals surface area contributed by atoms with Gasteiger partial charge in [0.1, 0.15) is 6.61 Å². The first-order valence-corrected chi connectivity index (χ1v) is 6.19. The van der Waals surface area contributed by atoms with E-state index in [-0.39, 0.29) is 12.3 Å². The van der Waals surface area contributed by atoms with E-state index in [9.17, 15) is 9.59 Å². The minimum Gasteiger partial charge on any atom is -0.487 e. The van der Waals surface area contributed by atoms with Crippen molar-refractivity contribution in [3.05, 3.63) is 36.7 Å². The highest BCUT2D eigenvalue weighted by molar-refractivity contribution is 5.95. The van der Waals surface area contributed by atoms with Gasteiger partial charge in [0.2, 0.25) is 0 Å². The SMILES string of the molecule is C=CCOc1cccnc1C(=O)NC(C)C(C)C(=O)O. The van der Waals surface area contributed by atoms with Crippen molar-refractivity contribution >= 4 is 11.9 Å². The molecule has 0 fully saturated rings. The Morgan fingerprint density at radius 3 is 2.85 bits per heavy atom. The predicted molar refractivity (Wildman–Crippen MR) is 73.7 cm³/mol. The summed E-state index contributed by atoms with van der Waals surface area (Å²) in [4.78, 5) is 26.9. The molecule has 0 saturated heterocycles. The third-order valence-corrected chi connectivity index (χ3v) is 2.84. The highest BCUT2D eigenvalue weighted by Gasteiger charge is 2.23. The molecule has 1 heterocycles. The monoisotopic (exact) mass is 278 g/mol. The minimum atomic E-state index is -0.970. The van der Waals surface area contributed by atoms with Gasteiger partial charge in [-0.25, -0.2) is 4.98 Å². The van der Waals surface area contributed by atoms with Crippen LogP contribution in [0.4, 0.5) is 0 Å². The molecule has 0 aliphatic carbocycles. The number of aliphatic carboxylic acids is 1. The molecule has 1 amide bonds. The molecule has 20 heavy (non-hydrogen) atoms. The Kier molecular flexibility index (Phi) is 5.71. The van der Waals surface area contributed by atoms with Gasteiger partial charge in [0.15, 0.2) is 11.4 Å². The minimum absolute atomic E-state index is 0.124. The number of ether oxygens (including phenoxy) is 1. The van der Waals surface area contributed by atoms with E-state index in [2.05, 4.69) is 16.9 Å². The number of aromatic nitrogens is 1. The van der Waals surface area contributed by atoms with Crippen molar-refractivity contribution in [3.63, 3.8) is 0 Å². The van der Waals surface area contributed by atoms with E-state index in [0.717, 1.165) is 0 Å². The molecular weight excluding hydrogens is 260 g/mol. The van der Waals surface area contributed by atoms with Gasteiger partial charge >= 0.3 is 5.97 Å². The van der Waals surface area contributed by atoms with Crippen LogP contribution in [0.1, 0.15) is 24.3 Å². The first-order valence-electron chi connectivity index (χ1n) is 6.19. The van der Waals surface area contributed by atoms with Gasteiger partial charge in [-0.15, -0.1) is 0 Å². The first kappa shape index (κ1) is 15.7. The molecule has 1 rings (SSSR count). The number of hydrogen-bond donors (Lipinski definition) is 2. The summed E-state index contributed by atoms with van der Waals surface area (Å²) in [5, 5.41) is 11.5. The summed E-state index contributed by atoms with van der Waals surface area (Å²) in [7, 11) is 0. The average molecular weight is 278 g/mol. The van der Waals surface area contributed by atoms with Gasteiger partial charge < -0.3 is 15.2 Å². The zero-order valence-corrected chi connectivity index (χ0v) is 11.5. The summed E-state index contributed by atoms with van der Waals surface area (Å²) in [5.74, 6) is -1.80. The number of pyridine rings is 1. The van der Waals surface area contributed by atoms with E-state index in [0.29, 0.717) is 5.75 Å². The highest BCUT2D eigenvalue weighted by Crippen LogP contribution is 2.16. The summed E-state index contributed by atoms with van der Waals surface area (Å²) in [6, 6.07) is 2.75. The van der Waals surface area contributed by atoms with Crippen LogP contribution in [-0.2, 0) is 4.79 Å². The van der Waals surface area contributed by atoms with Gasteiger partial charge in [-0.1, -0.05) is 12.7 Å². The van der Waals surface area contributed by atoms with Crippen LogP contribution in [0.3, 0.4) is 0 Å². The summed E-state index contributed by atoms with van der Waals surface area (Å²) in [6.07, 6.45) is 3.03. The topological polar surface area (TPSA) is 88.5 Å². The fraction of sp³-hybridized carbons (Fsp3) is 0.357. The third-order valence-electron chi connectivity index (χ3n) is 2.84. The van der Waals surface area contributed by atoms with Crippen molar-refractivity contribution in [3.8, 4) is 5.75 Å². The fourth-order valence-corrected chi connectivity index (χ4v) is 1.44. The maximum Gasteiger partial charge on any atom is 0.308 e. The number of carboxylic acid groups (broad SMARTS) is 1. The number of carboxylic acids is 1. The van der Waals surface area contributed by atoms with Crippen LogP contribution in [0.15, 0.2) is 31.0 Å². The molecule has 0 aliphatic rings. The smallest absolute Gasteiger partial charge is 0.308 e. The summed E-state index contributed by atoms with van der Waals surface area (Å²) < 4.78 is 5.34. The predicted octanol–water partition coefficient (Wildman–Crippen LogP) is 1.49. The van der Waals surface area contributed by atoms with E-state index < -0.39 is 23.8 Å². The van der Waals surface area contributed by atoms with Crippen molar-refractivity contribution in [1.82, 2.24) is 10.3 Å². The number of amides is 1. The second-order valence-corrected chi connectivity index (χ2v) is 4.34. The molecule has 2 unspecified atom stereocenters. The summed E-state index contributed by atoms with van der Waals surface area (Å²) in [5.41, 5.74) is 0.124. The van der Waals surface area contributed by atoms with Crippen LogP contribution in [-0.4, -0.2) is 34.6 Å². The Morgan fingerprint density at radius 2 is 2.25 bits per heavy atom. The fourth-order valence-electron chi connectivity index (χ4n) is 1.44. The molecule has 0 bridgehead atoms. The van der Waals surface area contributed by atoms with Gasteiger partial charge in [0, 0.05) is 12.2 Å². The van der Waals surface area contributed by atoms with Crippen molar-refractivity contribution < 1.29 is 19.4 Å². The van der Waals surface area contributed by atoms with Gasteiger partial charge in [-0.2, -0.15) is 0 Å². The number of rotatable bonds is 7. The lowest BCUT2D eigenvalue weighted by Crippen LogP contribution is -2.40. The molecule has 1 aromatic heterocycles. The van der Waals surface area contributed by atoms with Crippen molar-refractivity contribution in [2.75, 3.05) is 6.61 Å². The van der Waals surface area contributed by atoms with E-state index in [1.54, 1.807) is 25.1 Å². The quantitative estimate of drug-likeness (QED) is 0.738. The molecule has 2 atom stereocenters. The average Bonchev–Trinajstić information content (AvgIpc) is 2.44. The van der Waals surface area contributed by atoms with E-state index in [1.807, 2.05) is 0 Å². The zero-order valence-electron chi connectivity index (χ0n) is 11.5. The molecule has 0 spiro atoms. The molecule has 0 aromatic carbocycles. The maximum atomic E-state index is 12.1. The number of nitrogens with zero attached hydrogens (tertiary/aromatic N) is 1. The normalized spacial score (nSPS) is 13.1. The zero-order chi connectivity index (χ0) is 15.1. The van der Waals surface area contributed by atoms with Crippen LogP contribution in [0.5, 0.6) is 5.75 Å². The van der Waals surface area contributed by atoms with Crippen LogP contribution in [0.25, 0.3) is 0 Å². The Balaban J connectivity index is 2.81. The van der Waals surface area contributed by atoms with E-state index in [4.69, 9.17) is 9.84 Å². The number of nitrogens with one attached hydrogen (secondary N) is 1. The lowest BCUT2D eigenvalue weighted by molar-refractivity contribution is -0.141. The Bertz CT molecular complexity index is 502. The number of carbonyl (C=O) groups excluding carboxylic acids is 1. The standard InChI is InChI=1S/C14H18N2O4/c1-4-8-20-11-6-5-7-15-12(11)13(17)16-10(3)9(2)14(18)19/h4-7,9-10H,1,8H2,2-3H3,(H,16,17)(H,18,19). The molecule has 0 aliphatic heterocycles. The summed E-state index contributed by atoms with van der Waals surface area (Å²) in [6.45, 7) is 6.94. The van der Waals surface area contributed by atoms with Gasteiger partial charge in [-0.05, 0) is 26.0 Å². The molecule has 108 valence electrons. The molecule has 0 radical (unpaired) electrons. The lowest BCUT2D eigenvalue weighted by atomic mass is 10.0. The summed E-state index contributed by atoms with van der Waals surface area (Å²) >= 11 is 0. The van der Waals surface area contributed by atoms with Gasteiger partial charge in [0.25, 0.3) is 5.91 Å². The Morgan fingerprint density at radius 1 is 1.55 bits per heavy atom. The molecule has 0 saturated carbocycles. The molecule has 1 aromatic rings.